The molecule has 0 unspecified atom stereocenters. The molecule has 1 aromatic carbocycles. The van der Waals surface area contributed by atoms with Crippen LogP contribution in [-0.2, 0) is 6.54 Å². The number of ether oxygens (including phenoxy) is 1. The highest BCUT2D eigenvalue weighted by molar-refractivity contribution is 5.28. The summed E-state index contributed by atoms with van der Waals surface area (Å²) in [4.78, 5) is 0. The molecule has 72 valence electrons. The summed E-state index contributed by atoms with van der Waals surface area (Å²) in [6.07, 6.45) is 0. The van der Waals surface area contributed by atoms with E-state index in [0.29, 0.717) is 0 Å². The van der Waals surface area contributed by atoms with E-state index in [0.717, 1.165) is 12.3 Å². The third kappa shape index (κ3) is 3.44. The van der Waals surface area contributed by atoms with Crippen LogP contribution >= 0.6 is 0 Å². The van der Waals surface area contributed by atoms with Crippen molar-refractivity contribution in [1.82, 2.24) is 10.4 Å². The maximum Gasteiger partial charge on any atom is 0.119 e. The minimum Gasteiger partial charge on any atom is -0.497 e. The van der Waals surface area contributed by atoms with Gasteiger partial charge in [0.25, 0.3) is 0 Å². The Balaban J connectivity index is 2.56. The highest BCUT2D eigenvalue weighted by atomic mass is 16.5. The van der Waals surface area contributed by atoms with Crippen molar-refractivity contribution >= 4 is 0 Å². The monoisotopic (exact) mass is 180 g/mol. The van der Waals surface area contributed by atoms with Crippen molar-refractivity contribution in [1.29, 1.82) is 0 Å². The van der Waals surface area contributed by atoms with Crippen LogP contribution in [0.5, 0.6) is 5.75 Å². The summed E-state index contributed by atoms with van der Waals surface area (Å²) >= 11 is 0. The van der Waals surface area contributed by atoms with Gasteiger partial charge in [-0.05, 0) is 17.7 Å². The second-order valence-electron chi connectivity index (χ2n) is 3.08. The number of methoxy groups -OCH3 is 1. The summed E-state index contributed by atoms with van der Waals surface area (Å²) in [5.74, 6) is 0.901. The molecule has 1 rings (SSSR count). The van der Waals surface area contributed by atoms with Gasteiger partial charge in [-0.1, -0.05) is 12.1 Å². The van der Waals surface area contributed by atoms with Crippen molar-refractivity contribution in [3.63, 3.8) is 0 Å². The number of hydrazine groups is 1. The third-order valence-corrected chi connectivity index (χ3v) is 1.73. The van der Waals surface area contributed by atoms with E-state index in [2.05, 4.69) is 11.5 Å². The van der Waals surface area contributed by atoms with E-state index in [1.165, 1.54) is 5.56 Å². The maximum atomic E-state index is 5.12. The summed E-state index contributed by atoms with van der Waals surface area (Å²) < 4.78 is 5.12. The predicted octanol–water partition coefficient (Wildman–Crippen LogP) is 1.26. The molecule has 1 N–H and O–H groups in total. The van der Waals surface area contributed by atoms with Crippen LogP contribution in [0, 0.1) is 0 Å². The molecule has 13 heavy (non-hydrogen) atoms. The van der Waals surface area contributed by atoms with E-state index in [1.807, 2.05) is 37.3 Å². The molecule has 0 aliphatic rings. The first kappa shape index (κ1) is 10.0. The molecule has 0 atom stereocenters. The lowest BCUT2D eigenvalue weighted by atomic mass is 10.2. The van der Waals surface area contributed by atoms with Gasteiger partial charge in [0.05, 0.1) is 7.11 Å². The molecule has 0 heterocycles. The van der Waals surface area contributed by atoms with Crippen LogP contribution in [-0.4, -0.2) is 26.2 Å². The van der Waals surface area contributed by atoms with Crippen molar-refractivity contribution in [2.75, 3.05) is 21.2 Å². The van der Waals surface area contributed by atoms with Gasteiger partial charge in [0.1, 0.15) is 5.75 Å². The van der Waals surface area contributed by atoms with Crippen molar-refractivity contribution in [3.8, 4) is 5.75 Å². The Morgan fingerprint density at radius 2 is 2.15 bits per heavy atom. The Morgan fingerprint density at radius 3 is 2.77 bits per heavy atom. The Hall–Kier alpha value is -1.06. The van der Waals surface area contributed by atoms with Gasteiger partial charge >= 0.3 is 0 Å². The van der Waals surface area contributed by atoms with Crippen LogP contribution in [0.1, 0.15) is 5.56 Å². The fraction of sp³-hybridized carbons (Fsp3) is 0.400. The van der Waals surface area contributed by atoms with Gasteiger partial charge in [-0.25, -0.2) is 0 Å². The van der Waals surface area contributed by atoms with Gasteiger partial charge in [-0.3, -0.25) is 10.4 Å². The normalized spacial score (nSPS) is 10.5. The van der Waals surface area contributed by atoms with Crippen molar-refractivity contribution in [3.05, 3.63) is 29.8 Å². The smallest absolute Gasteiger partial charge is 0.119 e. The third-order valence-electron chi connectivity index (χ3n) is 1.73. The predicted molar refractivity (Wildman–Crippen MR) is 53.5 cm³/mol. The van der Waals surface area contributed by atoms with Crippen LogP contribution in [0.4, 0.5) is 0 Å². The zero-order chi connectivity index (χ0) is 9.68. The lowest BCUT2D eigenvalue weighted by molar-refractivity contribution is 0.285. The first-order valence-electron chi connectivity index (χ1n) is 4.26. The van der Waals surface area contributed by atoms with Crippen molar-refractivity contribution in [2.45, 2.75) is 6.54 Å². The Labute approximate surface area is 79.3 Å². The molecule has 0 saturated carbocycles. The molecule has 0 radical (unpaired) electrons. The highest BCUT2D eigenvalue weighted by Gasteiger charge is 1.95. The number of rotatable bonds is 4. The van der Waals surface area contributed by atoms with Crippen LogP contribution in [0.15, 0.2) is 24.3 Å². The maximum absolute atomic E-state index is 5.12. The van der Waals surface area contributed by atoms with Crippen LogP contribution in [0.3, 0.4) is 0 Å². The fourth-order valence-electron chi connectivity index (χ4n) is 1.03. The van der Waals surface area contributed by atoms with Crippen molar-refractivity contribution in [2.24, 2.45) is 0 Å². The molecule has 0 aromatic heterocycles. The minimum absolute atomic E-state index is 0.824. The molecular weight excluding hydrogens is 164 g/mol. The molecule has 0 saturated heterocycles. The van der Waals surface area contributed by atoms with Gasteiger partial charge in [-0.15, -0.1) is 0 Å². The van der Waals surface area contributed by atoms with Gasteiger partial charge in [0.15, 0.2) is 0 Å². The van der Waals surface area contributed by atoms with Gasteiger partial charge < -0.3 is 4.74 Å². The minimum atomic E-state index is 0.824. The van der Waals surface area contributed by atoms with Crippen LogP contribution in [0.2, 0.25) is 0 Å². The molecule has 0 amide bonds. The molecule has 3 nitrogen and oxygen atoms in total. The zero-order valence-electron chi connectivity index (χ0n) is 8.37. The van der Waals surface area contributed by atoms with Gasteiger partial charge in [0, 0.05) is 20.6 Å². The molecule has 1 aromatic rings. The van der Waals surface area contributed by atoms with E-state index in [4.69, 9.17) is 4.74 Å². The largest absolute Gasteiger partial charge is 0.497 e. The average molecular weight is 180 g/mol. The average Bonchev–Trinajstić information content (AvgIpc) is 2.15. The lowest BCUT2D eigenvalue weighted by Gasteiger charge is -2.12. The van der Waals surface area contributed by atoms with Crippen LogP contribution < -0.4 is 10.2 Å². The molecule has 3 heteroatoms. The molecule has 0 aliphatic carbocycles. The van der Waals surface area contributed by atoms with E-state index >= 15 is 0 Å². The molecule has 0 bridgehead atoms. The number of hydrogen-bond acceptors (Lipinski definition) is 3. The standard InChI is InChI=1S/C10H16N2O/c1-12(2)11-8-9-5-4-6-10(7-9)13-3/h4-7,11H,8H2,1-3H3. The SMILES string of the molecule is COc1cccc(CNN(C)C)c1. The van der Waals surface area contributed by atoms with Crippen molar-refractivity contribution < 1.29 is 4.74 Å². The molecular formula is C10H16N2O. The Kier molecular flexibility index (Phi) is 3.73. The summed E-state index contributed by atoms with van der Waals surface area (Å²) in [6, 6.07) is 8.03. The van der Waals surface area contributed by atoms with Gasteiger partial charge in [-0.2, -0.15) is 0 Å². The molecule has 0 fully saturated rings. The van der Waals surface area contributed by atoms with E-state index < -0.39 is 0 Å². The second kappa shape index (κ2) is 4.84. The van der Waals surface area contributed by atoms with E-state index in [1.54, 1.807) is 7.11 Å². The first-order chi connectivity index (χ1) is 6.22. The fourth-order valence-corrected chi connectivity index (χ4v) is 1.03. The summed E-state index contributed by atoms with van der Waals surface area (Å²) in [7, 11) is 5.62. The summed E-state index contributed by atoms with van der Waals surface area (Å²) in [5.41, 5.74) is 4.41. The second-order valence-corrected chi connectivity index (χ2v) is 3.08. The van der Waals surface area contributed by atoms with Gasteiger partial charge in [0.2, 0.25) is 0 Å². The first-order valence-corrected chi connectivity index (χ1v) is 4.26. The van der Waals surface area contributed by atoms with E-state index in [9.17, 15) is 0 Å². The molecule has 0 aliphatic heterocycles. The Bertz CT molecular complexity index is 261. The lowest BCUT2D eigenvalue weighted by Crippen LogP contribution is -2.29. The van der Waals surface area contributed by atoms with E-state index in [-0.39, 0.29) is 0 Å². The number of nitrogens with zero attached hydrogens (tertiary/aromatic N) is 1. The summed E-state index contributed by atoms with van der Waals surface area (Å²) in [6.45, 7) is 0.824. The number of nitrogens with one attached hydrogen (secondary N) is 1. The zero-order valence-corrected chi connectivity index (χ0v) is 8.37. The summed E-state index contributed by atoms with van der Waals surface area (Å²) in [5, 5.41) is 1.93. The van der Waals surface area contributed by atoms with Crippen LogP contribution in [0.25, 0.3) is 0 Å². The Morgan fingerprint density at radius 1 is 1.38 bits per heavy atom. The number of hydrogen-bond donors (Lipinski definition) is 1. The molecule has 0 spiro atoms. The quantitative estimate of drug-likeness (QED) is 0.706. The number of benzene rings is 1. The highest BCUT2D eigenvalue weighted by Crippen LogP contribution is 2.11. The topological polar surface area (TPSA) is 24.5 Å².